The van der Waals surface area contributed by atoms with E-state index < -0.39 is 29.9 Å². The summed E-state index contributed by atoms with van der Waals surface area (Å²) in [5, 5.41) is 23.7. The van der Waals surface area contributed by atoms with Crippen molar-refractivity contribution >= 4 is 5.97 Å². The molecule has 3 heterocycles. The van der Waals surface area contributed by atoms with Crippen molar-refractivity contribution in [1.29, 1.82) is 0 Å². The number of nitrogens with zero attached hydrogens (tertiary/aromatic N) is 2. The molecule has 9 aliphatic rings. The zero-order chi connectivity index (χ0) is 36.8. The average molecular weight is 727 g/mol. The largest absolute Gasteiger partial charge is 0.457 e. The minimum Gasteiger partial charge on any atom is -0.457 e. The van der Waals surface area contributed by atoms with Crippen LogP contribution in [0.3, 0.4) is 0 Å². The van der Waals surface area contributed by atoms with Crippen molar-refractivity contribution in [2.24, 2.45) is 50.7 Å². The summed E-state index contributed by atoms with van der Waals surface area (Å²) in [7, 11) is 0. The zero-order valence-corrected chi connectivity index (χ0v) is 33.6. The Labute approximate surface area is 313 Å². The van der Waals surface area contributed by atoms with E-state index in [0.717, 1.165) is 45.0 Å². The van der Waals surface area contributed by atoms with Crippen LogP contribution in [0.25, 0.3) is 0 Å². The maximum atomic E-state index is 12.6. The summed E-state index contributed by atoms with van der Waals surface area (Å²) in [6, 6.07) is 1.50. The number of hydrogen-bond acceptors (Lipinski definition) is 9. The highest BCUT2D eigenvalue weighted by Gasteiger charge is 2.84. The first-order chi connectivity index (χ1) is 24.5. The molecule has 6 saturated carbocycles. The molecule has 9 nitrogen and oxygen atoms in total. The third-order valence-electron chi connectivity index (χ3n) is 18.5. The van der Waals surface area contributed by atoms with Crippen LogP contribution >= 0.6 is 0 Å². The van der Waals surface area contributed by atoms with Gasteiger partial charge in [0.1, 0.15) is 0 Å². The summed E-state index contributed by atoms with van der Waals surface area (Å²) in [5.41, 5.74) is -0.907. The first-order valence-electron chi connectivity index (χ1n) is 21.4. The molecule has 6 aliphatic carbocycles. The topological polar surface area (TPSA) is 101 Å². The average Bonchev–Trinajstić information content (AvgIpc) is 3.66. The lowest BCUT2D eigenvalue weighted by Gasteiger charge is -2.64. The number of rotatable bonds is 7. The molecule has 3 aliphatic heterocycles. The molecule has 0 bridgehead atoms. The Balaban J connectivity index is 0.908. The van der Waals surface area contributed by atoms with Crippen LogP contribution in [-0.4, -0.2) is 113 Å². The molecular formula is C43H70N2O7. The number of hydrogen-bond donors (Lipinski definition) is 2. The molecule has 3 saturated heterocycles. The molecule has 0 aromatic carbocycles. The molecule has 0 radical (unpaired) electrons. The Morgan fingerprint density at radius 1 is 0.923 bits per heavy atom. The Morgan fingerprint density at radius 3 is 2.31 bits per heavy atom. The van der Waals surface area contributed by atoms with Gasteiger partial charge in [0.25, 0.3) is 0 Å². The molecule has 3 unspecified atom stereocenters. The third kappa shape index (κ3) is 5.00. The molecule has 294 valence electrons. The van der Waals surface area contributed by atoms with E-state index in [-0.39, 0.29) is 52.0 Å². The van der Waals surface area contributed by atoms with Gasteiger partial charge in [0.05, 0.1) is 36.6 Å². The highest BCUT2D eigenvalue weighted by atomic mass is 16.7. The molecule has 0 amide bonds. The van der Waals surface area contributed by atoms with Gasteiger partial charge in [-0.05, 0) is 123 Å². The van der Waals surface area contributed by atoms with E-state index >= 15 is 0 Å². The van der Waals surface area contributed by atoms with Crippen LogP contribution in [0, 0.1) is 50.7 Å². The van der Waals surface area contributed by atoms with Crippen LogP contribution in [0.2, 0.25) is 0 Å². The summed E-state index contributed by atoms with van der Waals surface area (Å²) in [4.78, 5) is 17.5. The van der Waals surface area contributed by atoms with E-state index in [1.165, 1.54) is 65.0 Å². The van der Waals surface area contributed by atoms with Gasteiger partial charge >= 0.3 is 5.97 Å². The van der Waals surface area contributed by atoms with Crippen molar-refractivity contribution in [3.63, 3.8) is 0 Å². The van der Waals surface area contributed by atoms with Gasteiger partial charge in [-0.1, -0.05) is 41.0 Å². The van der Waals surface area contributed by atoms with Gasteiger partial charge in [-0.15, -0.1) is 0 Å². The van der Waals surface area contributed by atoms with Crippen LogP contribution in [-0.2, 0) is 23.7 Å². The van der Waals surface area contributed by atoms with Gasteiger partial charge in [-0.2, -0.15) is 0 Å². The van der Waals surface area contributed by atoms with Gasteiger partial charge in [0.2, 0.25) is 0 Å². The molecule has 52 heavy (non-hydrogen) atoms. The molecule has 14 atom stereocenters. The van der Waals surface area contributed by atoms with E-state index in [1.54, 1.807) is 13.8 Å². The Bertz CT molecular complexity index is 1410. The van der Waals surface area contributed by atoms with Crippen molar-refractivity contribution in [3.05, 3.63) is 0 Å². The lowest BCUT2D eigenvalue weighted by Crippen LogP contribution is -2.66. The van der Waals surface area contributed by atoms with Crippen LogP contribution in [0.1, 0.15) is 126 Å². The minimum atomic E-state index is -1.25. The van der Waals surface area contributed by atoms with E-state index in [0.29, 0.717) is 29.7 Å². The predicted molar refractivity (Wildman–Crippen MR) is 197 cm³/mol. The summed E-state index contributed by atoms with van der Waals surface area (Å²) in [6.07, 6.45) is 11.1. The lowest BCUT2D eigenvalue weighted by molar-refractivity contribution is -0.254. The number of aliphatic hydroxyl groups is 2. The second kappa shape index (κ2) is 12.1. The number of carbonyl (C=O) groups excluding carboxylic acids is 1. The van der Waals surface area contributed by atoms with Gasteiger partial charge in [0, 0.05) is 50.6 Å². The third-order valence-corrected chi connectivity index (χ3v) is 18.5. The number of aliphatic hydroxyl groups excluding tert-OH is 1. The summed E-state index contributed by atoms with van der Waals surface area (Å²) < 4.78 is 26.0. The Hall–Kier alpha value is -0.810. The van der Waals surface area contributed by atoms with E-state index in [4.69, 9.17) is 18.9 Å². The van der Waals surface area contributed by atoms with Gasteiger partial charge < -0.3 is 29.2 Å². The van der Waals surface area contributed by atoms with Crippen LogP contribution in [0.15, 0.2) is 0 Å². The number of likely N-dealkylation sites (tertiary alicyclic amines) is 1. The van der Waals surface area contributed by atoms with Crippen molar-refractivity contribution in [1.82, 2.24) is 9.80 Å². The van der Waals surface area contributed by atoms with Crippen LogP contribution < -0.4 is 0 Å². The van der Waals surface area contributed by atoms with Crippen molar-refractivity contribution in [2.45, 2.75) is 181 Å². The summed E-state index contributed by atoms with van der Waals surface area (Å²) in [5.74, 6) is 1.16. The highest BCUT2D eigenvalue weighted by molar-refractivity contribution is 5.66. The number of morpholine rings is 1. The number of carbonyl (C=O) groups is 1. The predicted octanol–water partition coefficient (Wildman–Crippen LogP) is 5.78. The standard InChI is InChI=1S/C43H70N2O7/c1-25-20-29(37(39(5,6)48)50-26(2)46)51-35-34(25)40(7)16-17-43-24-42(43)15-14-32(38(3,4)30(42)12-13-31(43)41(40,8)36(35)47)52-33-23-44(18-19-49-33)28-21-45(22-28)27-10-9-11-27/h25,27-37,47-48H,9-24H2,1-8H3/t25-,29?,30+,31?,32+,33+,34+,35?,36+,37+,40-,41-,42-,43+/m1/s1. The number of ether oxygens (including phenoxy) is 4. The molecule has 9 fully saturated rings. The fourth-order valence-electron chi connectivity index (χ4n) is 15.6. The van der Waals surface area contributed by atoms with Crippen LogP contribution in [0.5, 0.6) is 0 Å². The first kappa shape index (κ1) is 36.8. The fraction of sp³-hybridized carbons (Fsp3) is 0.977. The minimum absolute atomic E-state index is 0.0466. The van der Waals surface area contributed by atoms with Crippen LogP contribution in [0.4, 0.5) is 0 Å². The monoisotopic (exact) mass is 727 g/mol. The number of esters is 1. The lowest BCUT2D eigenvalue weighted by atomic mass is 9.41. The quantitative estimate of drug-likeness (QED) is 0.317. The molecular weight excluding hydrogens is 656 g/mol. The van der Waals surface area contributed by atoms with Crippen molar-refractivity contribution in [3.8, 4) is 0 Å². The molecule has 0 aromatic rings. The normalized spacial score (nSPS) is 51.1. The highest BCUT2D eigenvalue weighted by Crippen LogP contribution is 2.89. The van der Waals surface area contributed by atoms with Crippen molar-refractivity contribution < 1.29 is 34.0 Å². The molecule has 9 rings (SSSR count). The second-order valence-corrected chi connectivity index (χ2v) is 21.4. The van der Waals surface area contributed by atoms with Gasteiger partial charge in [-0.3, -0.25) is 14.6 Å². The first-order valence-corrected chi connectivity index (χ1v) is 21.4. The fourth-order valence-corrected chi connectivity index (χ4v) is 15.6. The molecule has 9 heteroatoms. The van der Waals surface area contributed by atoms with Gasteiger partial charge in [-0.25, -0.2) is 0 Å². The molecule has 0 aromatic heterocycles. The zero-order valence-electron chi connectivity index (χ0n) is 33.6. The maximum absolute atomic E-state index is 12.6. The molecule has 2 N–H and O–H groups in total. The maximum Gasteiger partial charge on any atom is 0.303 e. The molecule has 2 spiro atoms. The summed E-state index contributed by atoms with van der Waals surface area (Å²) >= 11 is 0. The Kier molecular flexibility index (Phi) is 8.56. The van der Waals surface area contributed by atoms with E-state index in [2.05, 4.69) is 44.4 Å². The second-order valence-electron chi connectivity index (χ2n) is 21.4. The Morgan fingerprint density at radius 2 is 1.63 bits per heavy atom. The van der Waals surface area contributed by atoms with E-state index in [1.807, 2.05) is 0 Å². The smallest absolute Gasteiger partial charge is 0.303 e. The van der Waals surface area contributed by atoms with Gasteiger partial charge in [0.15, 0.2) is 12.4 Å². The number of fused-ring (bicyclic) bond motifs is 4. The van der Waals surface area contributed by atoms with E-state index in [9.17, 15) is 15.0 Å². The summed E-state index contributed by atoms with van der Waals surface area (Å²) in [6.45, 7) is 22.1. The SMILES string of the molecule is CC(=O)O[C@@H](C1C[C@@H](C)[C@H]2C(O1)[C@H](O)[C@@]1(C)C3CC[C@H]4C(C)(C)[C@@H](O[C@H]5CN(C6CN(C7CCC7)C6)CCO5)CC[C@@]45C[C@@]35CC[C@]21C)C(C)(C)O. The van der Waals surface area contributed by atoms with Crippen molar-refractivity contribution in [2.75, 3.05) is 32.8 Å².